The molecule has 1 N–H and O–H groups in total. The van der Waals surface area contributed by atoms with Crippen molar-refractivity contribution in [3.05, 3.63) is 42.5 Å². The molecule has 108 valence electrons. The number of para-hydroxylation sites is 1. The first-order valence-electron chi connectivity index (χ1n) is 6.81. The molecule has 1 amide bonds. The van der Waals surface area contributed by atoms with Crippen LogP contribution in [-0.4, -0.2) is 24.8 Å². The molecule has 0 spiro atoms. The molecule has 0 aliphatic rings. The molecule has 4 heteroatoms. The summed E-state index contributed by atoms with van der Waals surface area (Å²) in [5, 5.41) is 2.66. The van der Waals surface area contributed by atoms with Crippen molar-refractivity contribution in [2.45, 2.75) is 32.2 Å². The quantitative estimate of drug-likeness (QED) is 0.428. The zero-order valence-corrected chi connectivity index (χ0v) is 11.8. The molecule has 0 unspecified atom stereocenters. The van der Waals surface area contributed by atoms with Crippen molar-refractivity contribution in [1.29, 1.82) is 0 Å². The molecule has 0 heterocycles. The zero-order valence-electron chi connectivity index (χ0n) is 11.8. The van der Waals surface area contributed by atoms with Crippen molar-refractivity contribution < 1.29 is 14.3 Å². The number of aldehydes is 1. The first-order valence-corrected chi connectivity index (χ1v) is 6.81. The molecule has 0 bridgehead atoms. The van der Waals surface area contributed by atoms with E-state index in [1.54, 1.807) is 24.3 Å². The number of carbonyl (C=O) groups excluding carboxylic acids is 2. The van der Waals surface area contributed by atoms with Crippen LogP contribution in [0.5, 0.6) is 5.75 Å². The first-order chi connectivity index (χ1) is 9.72. The average Bonchev–Trinajstić information content (AvgIpc) is 2.47. The molecule has 0 aliphatic carbocycles. The molecular weight excluding hydrogens is 254 g/mol. The molecule has 0 saturated heterocycles. The largest absolute Gasteiger partial charge is 0.493 e. The van der Waals surface area contributed by atoms with E-state index < -0.39 is 6.04 Å². The minimum atomic E-state index is -0.552. The van der Waals surface area contributed by atoms with Crippen LogP contribution >= 0.6 is 0 Å². The van der Waals surface area contributed by atoms with E-state index in [1.807, 2.05) is 6.07 Å². The molecule has 0 radical (unpaired) electrons. The van der Waals surface area contributed by atoms with Crippen molar-refractivity contribution in [1.82, 2.24) is 5.32 Å². The van der Waals surface area contributed by atoms with Gasteiger partial charge in [0.25, 0.3) is 5.91 Å². The Labute approximate surface area is 119 Å². The van der Waals surface area contributed by atoms with Crippen molar-refractivity contribution in [3.63, 3.8) is 0 Å². The average molecular weight is 275 g/mol. The summed E-state index contributed by atoms with van der Waals surface area (Å²) in [6.07, 6.45) is 4.68. The molecule has 1 atom stereocenters. The number of amides is 1. The van der Waals surface area contributed by atoms with Crippen molar-refractivity contribution in [3.8, 4) is 5.75 Å². The summed E-state index contributed by atoms with van der Waals surface area (Å²) in [4.78, 5) is 23.0. The van der Waals surface area contributed by atoms with E-state index >= 15 is 0 Å². The number of rotatable bonds is 9. The van der Waals surface area contributed by atoms with Crippen molar-refractivity contribution in [2.24, 2.45) is 0 Å². The van der Waals surface area contributed by atoms with Crippen LogP contribution in [0.4, 0.5) is 0 Å². The molecular formula is C16H21NO3. The maximum absolute atomic E-state index is 12.2. The maximum Gasteiger partial charge on any atom is 0.255 e. The minimum absolute atomic E-state index is 0.309. The Balaban J connectivity index is 2.75. The second kappa shape index (κ2) is 8.91. The summed E-state index contributed by atoms with van der Waals surface area (Å²) in [6, 6.07) is 6.48. The highest BCUT2D eigenvalue weighted by Crippen LogP contribution is 2.18. The predicted octanol–water partition coefficient (Wildman–Crippen LogP) is 2.74. The summed E-state index contributed by atoms with van der Waals surface area (Å²) >= 11 is 0. The lowest BCUT2D eigenvalue weighted by Crippen LogP contribution is -2.35. The van der Waals surface area contributed by atoms with Gasteiger partial charge in [0.1, 0.15) is 12.0 Å². The van der Waals surface area contributed by atoms with E-state index in [-0.39, 0.29) is 5.91 Å². The highest BCUT2D eigenvalue weighted by atomic mass is 16.5. The molecule has 1 rings (SSSR count). The lowest BCUT2D eigenvalue weighted by molar-refractivity contribution is -0.109. The number of hydrogen-bond acceptors (Lipinski definition) is 3. The number of hydrogen-bond donors (Lipinski definition) is 1. The minimum Gasteiger partial charge on any atom is -0.493 e. The molecule has 0 aromatic heterocycles. The Morgan fingerprint density at radius 1 is 1.45 bits per heavy atom. The Hall–Kier alpha value is -2.10. The van der Waals surface area contributed by atoms with Crippen LogP contribution in [0.25, 0.3) is 0 Å². The molecule has 0 aliphatic heterocycles. The fourth-order valence-electron chi connectivity index (χ4n) is 1.68. The van der Waals surface area contributed by atoms with Crippen LogP contribution in [0.2, 0.25) is 0 Å². The summed E-state index contributed by atoms with van der Waals surface area (Å²) in [5.74, 6) is 0.234. The normalized spacial score (nSPS) is 11.4. The van der Waals surface area contributed by atoms with Crippen molar-refractivity contribution >= 4 is 12.2 Å². The lowest BCUT2D eigenvalue weighted by Gasteiger charge is -2.14. The Kier molecular flexibility index (Phi) is 7.11. The Morgan fingerprint density at radius 3 is 2.85 bits per heavy atom. The highest BCUT2D eigenvalue weighted by Gasteiger charge is 2.15. The van der Waals surface area contributed by atoms with Crippen LogP contribution in [0.1, 0.15) is 36.5 Å². The third-order valence-corrected chi connectivity index (χ3v) is 2.79. The summed E-state index contributed by atoms with van der Waals surface area (Å²) in [6.45, 7) is 6.21. The fraction of sp³-hybridized carbons (Fsp3) is 0.375. The maximum atomic E-state index is 12.2. The van der Waals surface area contributed by atoms with Gasteiger partial charge in [-0.25, -0.2) is 0 Å². The third-order valence-electron chi connectivity index (χ3n) is 2.79. The van der Waals surface area contributed by atoms with Gasteiger partial charge in [-0.05, 0) is 25.0 Å². The summed E-state index contributed by atoms with van der Waals surface area (Å²) in [5.41, 5.74) is 0.444. The van der Waals surface area contributed by atoms with Crippen LogP contribution in [0, 0.1) is 0 Å². The molecule has 0 fully saturated rings. The van der Waals surface area contributed by atoms with Gasteiger partial charge in [0.2, 0.25) is 0 Å². The zero-order chi connectivity index (χ0) is 14.8. The van der Waals surface area contributed by atoms with Gasteiger partial charge in [-0.2, -0.15) is 0 Å². The third kappa shape index (κ3) is 4.88. The molecule has 20 heavy (non-hydrogen) atoms. The number of benzene rings is 1. The second-order valence-electron chi connectivity index (χ2n) is 4.44. The monoisotopic (exact) mass is 275 g/mol. The number of nitrogens with one attached hydrogen (secondary N) is 1. The van der Waals surface area contributed by atoms with Crippen LogP contribution in [0.15, 0.2) is 36.9 Å². The highest BCUT2D eigenvalue weighted by molar-refractivity contribution is 5.98. The van der Waals surface area contributed by atoms with Crippen LogP contribution in [-0.2, 0) is 4.79 Å². The van der Waals surface area contributed by atoms with E-state index in [0.717, 1.165) is 12.8 Å². The van der Waals surface area contributed by atoms with Crippen molar-refractivity contribution in [2.75, 3.05) is 6.61 Å². The molecule has 0 saturated carbocycles. The fourth-order valence-corrected chi connectivity index (χ4v) is 1.68. The second-order valence-corrected chi connectivity index (χ2v) is 4.44. The van der Waals surface area contributed by atoms with E-state index in [9.17, 15) is 9.59 Å². The number of unbranched alkanes of at least 4 members (excludes halogenated alkanes) is 1. The van der Waals surface area contributed by atoms with Gasteiger partial charge in [-0.15, -0.1) is 6.58 Å². The molecule has 1 aromatic carbocycles. The number of ether oxygens (including phenoxy) is 1. The van der Waals surface area contributed by atoms with E-state index in [2.05, 4.69) is 18.8 Å². The smallest absolute Gasteiger partial charge is 0.255 e. The molecule has 1 aromatic rings. The van der Waals surface area contributed by atoms with E-state index in [4.69, 9.17) is 4.74 Å². The van der Waals surface area contributed by atoms with Crippen LogP contribution < -0.4 is 10.1 Å². The van der Waals surface area contributed by atoms with Crippen LogP contribution in [0.3, 0.4) is 0 Å². The van der Waals surface area contributed by atoms with Gasteiger partial charge in [0, 0.05) is 0 Å². The summed E-state index contributed by atoms with van der Waals surface area (Å²) in [7, 11) is 0. The van der Waals surface area contributed by atoms with E-state index in [1.165, 1.54) is 0 Å². The van der Waals surface area contributed by atoms with Gasteiger partial charge in [-0.3, -0.25) is 4.79 Å². The topological polar surface area (TPSA) is 55.4 Å². The molecule has 4 nitrogen and oxygen atoms in total. The summed E-state index contributed by atoms with van der Waals surface area (Å²) < 4.78 is 5.60. The SMILES string of the molecule is C=CC[C@@H](C=O)NC(=O)c1ccccc1OCCCC. The van der Waals surface area contributed by atoms with Gasteiger partial charge >= 0.3 is 0 Å². The lowest BCUT2D eigenvalue weighted by atomic mass is 10.1. The Morgan fingerprint density at radius 2 is 2.20 bits per heavy atom. The number of carbonyl (C=O) groups is 2. The first kappa shape index (κ1) is 16.0. The van der Waals surface area contributed by atoms with Gasteiger partial charge in [0.15, 0.2) is 0 Å². The van der Waals surface area contributed by atoms with E-state index in [0.29, 0.717) is 30.6 Å². The van der Waals surface area contributed by atoms with Gasteiger partial charge in [0.05, 0.1) is 18.2 Å². The Bertz CT molecular complexity index is 457. The van der Waals surface area contributed by atoms with Gasteiger partial charge in [-0.1, -0.05) is 31.6 Å². The predicted molar refractivity (Wildman–Crippen MR) is 79.0 cm³/mol. The standard InChI is InChI=1S/C16H21NO3/c1-3-5-11-20-15-10-7-6-9-14(15)16(19)17-13(12-18)8-4-2/h4,6-7,9-10,12-13H,2-3,5,8,11H2,1H3,(H,17,19)/t13-/m0/s1. The van der Waals surface area contributed by atoms with Gasteiger partial charge < -0.3 is 14.8 Å².